The Balaban J connectivity index is 6.63. The summed E-state index contributed by atoms with van der Waals surface area (Å²) in [5, 5.41) is 0. The molecule has 0 aromatic carbocycles. The predicted octanol–water partition coefficient (Wildman–Crippen LogP) is 6.76. The monoisotopic (exact) mass is 510 g/mol. The second-order valence-corrected chi connectivity index (χ2v) is 13.4. The summed E-state index contributed by atoms with van der Waals surface area (Å²) >= 11 is 0. The van der Waals surface area contributed by atoms with Crippen molar-refractivity contribution in [2.75, 3.05) is 0 Å². The molecule has 0 amide bonds. The SMILES string of the molecule is CCC(C)O[Si](OC(C)CC)(OC(C)CC)O[Si](OC(C)CC)(OC(C)CC)OC(C)CC. The fraction of sp³-hybridized carbons (Fsp3) is 1.00. The lowest BCUT2D eigenvalue weighted by Gasteiger charge is -2.41. The van der Waals surface area contributed by atoms with Gasteiger partial charge in [-0.2, -0.15) is 0 Å². The van der Waals surface area contributed by atoms with Gasteiger partial charge < -0.3 is 30.7 Å². The second-order valence-electron chi connectivity index (χ2n) is 9.12. The average molecular weight is 511 g/mol. The highest BCUT2D eigenvalue weighted by Gasteiger charge is 2.62. The van der Waals surface area contributed by atoms with Crippen molar-refractivity contribution in [1.82, 2.24) is 0 Å². The predicted molar refractivity (Wildman–Crippen MR) is 138 cm³/mol. The van der Waals surface area contributed by atoms with E-state index in [2.05, 4.69) is 41.5 Å². The minimum Gasteiger partial charge on any atom is -0.349 e. The fourth-order valence-electron chi connectivity index (χ4n) is 2.44. The van der Waals surface area contributed by atoms with Crippen LogP contribution in [0.15, 0.2) is 0 Å². The summed E-state index contributed by atoms with van der Waals surface area (Å²) in [5.41, 5.74) is 0. The van der Waals surface area contributed by atoms with Crippen LogP contribution in [0, 0.1) is 0 Å². The van der Waals surface area contributed by atoms with Crippen LogP contribution >= 0.6 is 0 Å². The Morgan fingerprint density at radius 2 is 0.515 bits per heavy atom. The van der Waals surface area contributed by atoms with Gasteiger partial charge in [0.2, 0.25) is 0 Å². The van der Waals surface area contributed by atoms with Crippen LogP contribution in [0.3, 0.4) is 0 Å². The van der Waals surface area contributed by atoms with Crippen LogP contribution in [-0.2, 0) is 30.7 Å². The Morgan fingerprint density at radius 1 is 0.364 bits per heavy atom. The summed E-state index contributed by atoms with van der Waals surface area (Å²) < 4.78 is 45.8. The lowest BCUT2D eigenvalue weighted by Crippen LogP contribution is -2.66. The molecule has 200 valence electrons. The molecule has 0 aliphatic carbocycles. The first-order chi connectivity index (χ1) is 15.4. The molecule has 0 aromatic heterocycles. The van der Waals surface area contributed by atoms with E-state index in [-0.39, 0.29) is 36.6 Å². The summed E-state index contributed by atoms with van der Waals surface area (Å²) in [4.78, 5) is 0. The molecule has 0 bridgehead atoms. The molecule has 0 N–H and O–H groups in total. The van der Waals surface area contributed by atoms with Crippen molar-refractivity contribution in [2.45, 2.75) is 158 Å². The average Bonchev–Trinajstić information content (AvgIpc) is 2.77. The Morgan fingerprint density at radius 3 is 0.636 bits per heavy atom. The van der Waals surface area contributed by atoms with Crippen LogP contribution < -0.4 is 0 Å². The third-order valence-electron chi connectivity index (χ3n) is 5.77. The molecular formula is C24H54O7Si2. The standard InChI is InChI=1S/C24H54O7Si2/c1-13-19(7)25-32(26-20(8)14-2,27-21(9)15-3)31-33(28-22(10)16-4,29-23(11)17-5)30-24(12)18-6/h19-24H,13-18H2,1-12H3. The third-order valence-corrected chi connectivity index (χ3v) is 11.9. The van der Waals surface area contributed by atoms with Gasteiger partial charge in [-0.15, -0.1) is 0 Å². The molecule has 0 radical (unpaired) electrons. The van der Waals surface area contributed by atoms with Crippen molar-refractivity contribution >= 4 is 18.1 Å². The molecule has 0 aliphatic rings. The zero-order valence-electron chi connectivity index (χ0n) is 23.6. The molecule has 0 aromatic rings. The molecular weight excluding hydrogens is 456 g/mol. The summed E-state index contributed by atoms with van der Waals surface area (Å²) in [6, 6.07) is 0. The van der Waals surface area contributed by atoms with Crippen LogP contribution in [-0.4, -0.2) is 54.7 Å². The van der Waals surface area contributed by atoms with Crippen molar-refractivity contribution in [3.63, 3.8) is 0 Å². The van der Waals surface area contributed by atoms with Crippen LogP contribution in [0.2, 0.25) is 0 Å². The van der Waals surface area contributed by atoms with Gasteiger partial charge in [0.05, 0.1) is 0 Å². The minimum atomic E-state index is -3.74. The third kappa shape index (κ3) is 12.6. The Labute approximate surface area is 207 Å². The molecule has 9 heteroatoms. The summed E-state index contributed by atoms with van der Waals surface area (Å²) in [5.74, 6) is 0. The lowest BCUT2D eigenvalue weighted by molar-refractivity contribution is -0.117. The molecule has 7 nitrogen and oxygen atoms in total. The molecule has 0 rings (SSSR count). The van der Waals surface area contributed by atoms with E-state index in [4.69, 9.17) is 30.7 Å². The minimum absolute atomic E-state index is 0.118. The molecule has 0 spiro atoms. The normalized spacial score (nSPS) is 21.5. The quantitative estimate of drug-likeness (QED) is 0.168. The molecule has 6 unspecified atom stereocenters. The van der Waals surface area contributed by atoms with Crippen LogP contribution in [0.5, 0.6) is 0 Å². The molecule has 0 fully saturated rings. The molecule has 0 aliphatic heterocycles. The summed E-state index contributed by atoms with van der Waals surface area (Å²) in [6.07, 6.45) is 4.07. The van der Waals surface area contributed by atoms with E-state index in [0.29, 0.717) is 0 Å². The first kappa shape index (κ1) is 33.2. The highest BCUT2D eigenvalue weighted by molar-refractivity contribution is 6.68. The Hall–Kier alpha value is 0.154. The largest absolute Gasteiger partial charge is 0.674 e. The van der Waals surface area contributed by atoms with Gasteiger partial charge in [0, 0.05) is 36.6 Å². The Bertz CT molecular complexity index is 393. The zero-order valence-corrected chi connectivity index (χ0v) is 25.6. The van der Waals surface area contributed by atoms with E-state index in [0.717, 1.165) is 38.5 Å². The maximum Gasteiger partial charge on any atom is 0.674 e. The van der Waals surface area contributed by atoms with E-state index in [9.17, 15) is 0 Å². The maximum atomic E-state index is 6.81. The lowest BCUT2D eigenvalue weighted by atomic mass is 10.3. The zero-order chi connectivity index (χ0) is 25.7. The number of rotatable bonds is 20. The van der Waals surface area contributed by atoms with Crippen LogP contribution in [0.25, 0.3) is 0 Å². The highest BCUT2D eigenvalue weighted by Crippen LogP contribution is 2.30. The van der Waals surface area contributed by atoms with Gasteiger partial charge >= 0.3 is 18.1 Å². The molecule has 0 saturated carbocycles. The van der Waals surface area contributed by atoms with E-state index in [1.54, 1.807) is 0 Å². The van der Waals surface area contributed by atoms with Crippen molar-refractivity contribution in [3.8, 4) is 0 Å². The first-order valence-corrected chi connectivity index (χ1v) is 16.5. The molecule has 0 heterocycles. The first-order valence-electron chi connectivity index (χ1n) is 13.2. The van der Waals surface area contributed by atoms with Crippen molar-refractivity contribution in [1.29, 1.82) is 0 Å². The number of hydrogen-bond donors (Lipinski definition) is 0. The van der Waals surface area contributed by atoms with Gasteiger partial charge in [-0.25, -0.2) is 0 Å². The summed E-state index contributed by atoms with van der Waals surface area (Å²) in [7, 11) is -7.47. The summed E-state index contributed by atoms with van der Waals surface area (Å²) in [6.45, 7) is 24.5. The molecule has 0 saturated heterocycles. The molecule has 6 atom stereocenters. The van der Waals surface area contributed by atoms with E-state index in [1.807, 2.05) is 41.5 Å². The van der Waals surface area contributed by atoms with Crippen molar-refractivity contribution < 1.29 is 30.7 Å². The Kier molecular flexibility index (Phi) is 16.8. The van der Waals surface area contributed by atoms with Gasteiger partial charge in [0.1, 0.15) is 0 Å². The van der Waals surface area contributed by atoms with Gasteiger partial charge in [0.25, 0.3) is 0 Å². The van der Waals surface area contributed by atoms with Gasteiger partial charge in [-0.1, -0.05) is 41.5 Å². The van der Waals surface area contributed by atoms with Crippen molar-refractivity contribution in [3.05, 3.63) is 0 Å². The van der Waals surface area contributed by atoms with Crippen molar-refractivity contribution in [2.24, 2.45) is 0 Å². The molecule has 33 heavy (non-hydrogen) atoms. The van der Waals surface area contributed by atoms with E-state index < -0.39 is 18.1 Å². The maximum absolute atomic E-state index is 6.81. The van der Waals surface area contributed by atoms with Crippen LogP contribution in [0.1, 0.15) is 122 Å². The smallest absolute Gasteiger partial charge is 0.349 e. The highest BCUT2D eigenvalue weighted by atomic mass is 28.5. The van der Waals surface area contributed by atoms with E-state index >= 15 is 0 Å². The number of hydrogen-bond acceptors (Lipinski definition) is 7. The van der Waals surface area contributed by atoms with E-state index in [1.165, 1.54) is 0 Å². The van der Waals surface area contributed by atoms with Gasteiger partial charge in [-0.05, 0) is 80.1 Å². The van der Waals surface area contributed by atoms with Gasteiger partial charge in [0.15, 0.2) is 0 Å². The van der Waals surface area contributed by atoms with Crippen LogP contribution in [0.4, 0.5) is 0 Å². The fourth-order valence-corrected chi connectivity index (χ4v) is 9.11. The topological polar surface area (TPSA) is 64.6 Å². The van der Waals surface area contributed by atoms with Gasteiger partial charge in [-0.3, -0.25) is 0 Å². The second kappa shape index (κ2) is 16.8.